The Kier molecular flexibility index (Phi) is 7.93. The van der Waals surface area contributed by atoms with Gasteiger partial charge in [-0.1, -0.05) is 42.0 Å². The minimum absolute atomic E-state index is 0.0389. The summed E-state index contributed by atoms with van der Waals surface area (Å²) in [5, 5.41) is 9.63. The average molecular weight is 553 g/mol. The lowest BCUT2D eigenvalue weighted by atomic mass is 10.0. The van der Waals surface area contributed by atoms with Crippen molar-refractivity contribution in [3.05, 3.63) is 95.9 Å². The van der Waals surface area contributed by atoms with Gasteiger partial charge in [0.2, 0.25) is 5.88 Å². The molecule has 0 spiro atoms. The molecule has 0 bridgehead atoms. The van der Waals surface area contributed by atoms with Gasteiger partial charge in [-0.05, 0) is 80.4 Å². The lowest BCUT2D eigenvalue weighted by molar-refractivity contribution is 0.102. The third-order valence-corrected chi connectivity index (χ3v) is 7.47. The maximum Gasteiger partial charge on any atom is 0.257 e. The largest absolute Gasteiger partial charge is 0.488 e. The van der Waals surface area contributed by atoms with E-state index >= 15 is 0 Å². The first-order valence-electron chi connectivity index (χ1n) is 14.0. The van der Waals surface area contributed by atoms with E-state index < -0.39 is 0 Å². The Bertz CT molecular complexity index is 1510. The van der Waals surface area contributed by atoms with Crippen molar-refractivity contribution in [2.75, 3.05) is 31.5 Å². The first-order valence-corrected chi connectivity index (χ1v) is 14.0. The number of rotatable bonds is 8. The predicted octanol–water partition coefficient (Wildman–Crippen LogP) is 5.60. The van der Waals surface area contributed by atoms with Crippen molar-refractivity contribution >= 4 is 11.6 Å². The summed E-state index contributed by atoms with van der Waals surface area (Å²) in [5.74, 6) is 0.600. The molecule has 1 amide bonds. The standard InChI is InChI=1S/C33H33FN4O3/c1-21-2-4-23(5-3-21)30-16-24(18-37-33(30)41-28-13-15-36-20-28)32(39)38-26-10-11-31(40-27-12-14-35-19-27)29(17-26)22-6-8-25(34)9-7-22/h2-11,16-18,27-28,35-36H,12-15,19-20H2,1H3,(H,38,39)/t27-,28-/m0/s1. The molecule has 2 saturated heterocycles. The normalized spacial score (nSPS) is 18.3. The Morgan fingerprint density at radius 1 is 0.854 bits per heavy atom. The molecule has 2 fully saturated rings. The summed E-state index contributed by atoms with van der Waals surface area (Å²) < 4.78 is 26.2. The number of hydrogen-bond acceptors (Lipinski definition) is 6. The number of nitrogens with one attached hydrogen (secondary N) is 3. The predicted molar refractivity (Wildman–Crippen MR) is 158 cm³/mol. The molecular weight excluding hydrogens is 519 g/mol. The quantitative estimate of drug-likeness (QED) is 0.264. The van der Waals surface area contributed by atoms with Gasteiger partial charge in [0.25, 0.3) is 5.91 Å². The van der Waals surface area contributed by atoms with Crippen molar-refractivity contribution in [2.45, 2.75) is 32.0 Å². The summed E-state index contributed by atoms with van der Waals surface area (Å²) in [6, 6.07) is 21.7. The SMILES string of the molecule is Cc1ccc(-c2cc(C(=O)Nc3ccc(O[C@H]4CCNC4)c(-c4ccc(F)cc4)c3)cnc2O[C@H]2CCNC2)cc1. The molecule has 1 aromatic heterocycles. The van der Waals surface area contributed by atoms with Crippen LogP contribution in [0.3, 0.4) is 0 Å². The van der Waals surface area contributed by atoms with Crippen LogP contribution >= 0.6 is 0 Å². The molecule has 8 heteroatoms. The van der Waals surface area contributed by atoms with Crippen LogP contribution in [0.4, 0.5) is 10.1 Å². The van der Waals surface area contributed by atoms with E-state index in [1.54, 1.807) is 18.3 Å². The fourth-order valence-corrected chi connectivity index (χ4v) is 5.17. The van der Waals surface area contributed by atoms with Crippen LogP contribution in [-0.4, -0.2) is 49.3 Å². The Balaban J connectivity index is 1.29. The number of aryl methyl sites for hydroxylation is 1. The maximum absolute atomic E-state index is 13.7. The topological polar surface area (TPSA) is 84.5 Å². The van der Waals surface area contributed by atoms with Crippen LogP contribution in [0, 0.1) is 12.7 Å². The number of anilines is 1. The molecule has 3 heterocycles. The molecule has 2 aliphatic heterocycles. The highest BCUT2D eigenvalue weighted by Gasteiger charge is 2.22. The Hall–Kier alpha value is -4.27. The van der Waals surface area contributed by atoms with Crippen molar-refractivity contribution in [3.63, 3.8) is 0 Å². The van der Waals surface area contributed by atoms with Crippen molar-refractivity contribution in [3.8, 4) is 33.9 Å². The van der Waals surface area contributed by atoms with Crippen LogP contribution < -0.4 is 25.4 Å². The summed E-state index contributed by atoms with van der Waals surface area (Å²) in [6.07, 6.45) is 3.47. The molecule has 0 unspecified atom stereocenters. The minimum Gasteiger partial charge on any atom is -0.488 e. The monoisotopic (exact) mass is 552 g/mol. The molecule has 2 atom stereocenters. The number of pyridine rings is 1. The first-order chi connectivity index (χ1) is 20.0. The van der Waals surface area contributed by atoms with Crippen LogP contribution in [0.15, 0.2) is 79.0 Å². The highest BCUT2D eigenvalue weighted by Crippen LogP contribution is 2.35. The molecule has 7 nitrogen and oxygen atoms in total. The van der Waals surface area contributed by atoms with Crippen LogP contribution in [0.1, 0.15) is 28.8 Å². The van der Waals surface area contributed by atoms with E-state index in [2.05, 4.69) is 20.9 Å². The van der Waals surface area contributed by atoms with Gasteiger partial charge in [-0.3, -0.25) is 4.79 Å². The Labute approximate surface area is 239 Å². The maximum atomic E-state index is 13.7. The van der Waals surface area contributed by atoms with Gasteiger partial charge in [0, 0.05) is 36.1 Å². The molecular formula is C33H33FN4O3. The Morgan fingerprint density at radius 2 is 1.51 bits per heavy atom. The second-order valence-electron chi connectivity index (χ2n) is 10.6. The first kappa shape index (κ1) is 26.9. The van der Waals surface area contributed by atoms with E-state index in [9.17, 15) is 9.18 Å². The van der Waals surface area contributed by atoms with Crippen LogP contribution in [-0.2, 0) is 0 Å². The molecule has 6 rings (SSSR count). The summed E-state index contributed by atoms with van der Waals surface area (Å²) in [6.45, 7) is 5.39. The summed E-state index contributed by atoms with van der Waals surface area (Å²) in [7, 11) is 0. The van der Waals surface area contributed by atoms with Crippen LogP contribution in [0.2, 0.25) is 0 Å². The summed E-state index contributed by atoms with van der Waals surface area (Å²) in [5.41, 5.74) is 5.44. The molecule has 0 saturated carbocycles. The van der Waals surface area contributed by atoms with Gasteiger partial charge in [0.05, 0.1) is 5.56 Å². The van der Waals surface area contributed by atoms with E-state index in [1.807, 2.05) is 55.5 Å². The number of ether oxygens (including phenoxy) is 2. The van der Waals surface area contributed by atoms with E-state index in [-0.39, 0.29) is 23.9 Å². The van der Waals surface area contributed by atoms with Gasteiger partial charge >= 0.3 is 0 Å². The number of nitrogens with zero attached hydrogens (tertiary/aromatic N) is 1. The van der Waals surface area contributed by atoms with Crippen LogP contribution in [0.5, 0.6) is 11.6 Å². The molecule has 0 aliphatic carbocycles. The van der Waals surface area contributed by atoms with Crippen LogP contribution in [0.25, 0.3) is 22.3 Å². The second kappa shape index (κ2) is 12.1. The van der Waals surface area contributed by atoms with Gasteiger partial charge in [0.1, 0.15) is 23.8 Å². The van der Waals surface area contributed by atoms with E-state index in [0.717, 1.165) is 66.8 Å². The fourth-order valence-electron chi connectivity index (χ4n) is 5.17. The number of amides is 1. The van der Waals surface area contributed by atoms with Gasteiger partial charge in [-0.25, -0.2) is 9.37 Å². The number of aromatic nitrogens is 1. The van der Waals surface area contributed by atoms with Gasteiger partial charge < -0.3 is 25.4 Å². The lowest BCUT2D eigenvalue weighted by Gasteiger charge is -2.18. The van der Waals surface area contributed by atoms with Gasteiger partial charge in [0.15, 0.2) is 0 Å². The molecule has 0 radical (unpaired) electrons. The van der Waals surface area contributed by atoms with Gasteiger partial charge in [-0.2, -0.15) is 0 Å². The Morgan fingerprint density at radius 3 is 2.20 bits per heavy atom. The summed E-state index contributed by atoms with van der Waals surface area (Å²) in [4.78, 5) is 18.0. The van der Waals surface area contributed by atoms with E-state index in [0.29, 0.717) is 22.9 Å². The minimum atomic E-state index is -0.311. The summed E-state index contributed by atoms with van der Waals surface area (Å²) >= 11 is 0. The smallest absolute Gasteiger partial charge is 0.257 e. The number of hydrogen-bond donors (Lipinski definition) is 3. The highest BCUT2D eigenvalue weighted by molar-refractivity contribution is 6.05. The third kappa shape index (κ3) is 6.39. The third-order valence-electron chi connectivity index (χ3n) is 7.47. The zero-order valence-electron chi connectivity index (χ0n) is 23.0. The van der Waals surface area contributed by atoms with Crippen molar-refractivity contribution < 1.29 is 18.7 Å². The fraction of sp³-hybridized carbons (Fsp3) is 0.273. The highest BCUT2D eigenvalue weighted by atomic mass is 19.1. The number of halogens is 1. The van der Waals surface area contributed by atoms with E-state index in [4.69, 9.17) is 9.47 Å². The molecule has 2 aliphatic rings. The molecule has 3 aromatic carbocycles. The second-order valence-corrected chi connectivity index (χ2v) is 10.6. The average Bonchev–Trinajstić information content (AvgIpc) is 3.70. The van der Waals surface area contributed by atoms with E-state index in [1.165, 1.54) is 12.1 Å². The molecule has 3 N–H and O–H groups in total. The number of carbonyl (C=O) groups excluding carboxylic acids is 1. The molecule has 41 heavy (non-hydrogen) atoms. The van der Waals surface area contributed by atoms with Gasteiger partial charge in [-0.15, -0.1) is 0 Å². The number of benzene rings is 3. The zero-order valence-corrected chi connectivity index (χ0v) is 23.0. The van der Waals surface area contributed by atoms with Crippen molar-refractivity contribution in [2.24, 2.45) is 0 Å². The zero-order chi connectivity index (χ0) is 28.2. The van der Waals surface area contributed by atoms with Crippen molar-refractivity contribution in [1.82, 2.24) is 15.6 Å². The molecule has 210 valence electrons. The van der Waals surface area contributed by atoms with Crippen molar-refractivity contribution in [1.29, 1.82) is 0 Å². The molecule has 4 aromatic rings. The lowest BCUT2D eigenvalue weighted by Crippen LogP contribution is -2.21. The number of carbonyl (C=O) groups is 1.